The van der Waals surface area contributed by atoms with Gasteiger partial charge < -0.3 is 20.3 Å². The maximum Gasteiger partial charge on any atom is 0.270 e. The Hall–Kier alpha value is -1.49. The van der Waals surface area contributed by atoms with Crippen LogP contribution in [0.4, 0.5) is 5.69 Å². The van der Waals surface area contributed by atoms with Gasteiger partial charge in [-0.2, -0.15) is 0 Å². The molecule has 0 spiro atoms. The molecule has 0 saturated heterocycles. The van der Waals surface area contributed by atoms with Gasteiger partial charge in [0.1, 0.15) is 5.69 Å². The van der Waals surface area contributed by atoms with Gasteiger partial charge in [-0.15, -0.1) is 0 Å². The second-order valence-corrected chi connectivity index (χ2v) is 5.17. The highest BCUT2D eigenvalue weighted by molar-refractivity contribution is 5.94. The molecular formula is C14H23N3O2. The van der Waals surface area contributed by atoms with Crippen LogP contribution in [0.15, 0.2) is 12.3 Å². The molecule has 106 valence electrons. The molecule has 1 aliphatic carbocycles. The predicted molar refractivity (Wildman–Crippen MR) is 75.0 cm³/mol. The first kappa shape index (κ1) is 13.9. The smallest absolute Gasteiger partial charge is 0.270 e. The lowest BCUT2D eigenvalue weighted by molar-refractivity contribution is 0.0708. The Kier molecular flexibility index (Phi) is 4.47. The molecule has 1 aromatic heterocycles. The molecule has 2 rings (SSSR count). The highest BCUT2D eigenvalue weighted by Crippen LogP contribution is 2.37. The molecule has 1 amide bonds. The molecule has 0 aromatic carbocycles. The van der Waals surface area contributed by atoms with Gasteiger partial charge in [0, 0.05) is 25.3 Å². The standard InChI is InChI=1S/C14H23N3O2/c1-2-3-6-16(7-8-18)14(19)13-9-11(15)10-17(13)12-4-5-12/h9-10,12,18H,2-8,15H2,1H3. The summed E-state index contributed by atoms with van der Waals surface area (Å²) in [6.45, 7) is 3.15. The molecular weight excluding hydrogens is 242 g/mol. The number of amides is 1. The fraction of sp³-hybridized carbons (Fsp3) is 0.643. The zero-order valence-electron chi connectivity index (χ0n) is 11.5. The normalized spacial score (nSPS) is 14.6. The number of rotatable bonds is 7. The van der Waals surface area contributed by atoms with E-state index < -0.39 is 0 Å². The number of nitrogens with two attached hydrogens (primary N) is 1. The molecule has 0 radical (unpaired) electrons. The van der Waals surface area contributed by atoms with E-state index in [2.05, 4.69) is 6.92 Å². The van der Waals surface area contributed by atoms with Crippen molar-refractivity contribution in [3.05, 3.63) is 18.0 Å². The van der Waals surface area contributed by atoms with Crippen molar-refractivity contribution in [3.8, 4) is 0 Å². The number of unbranched alkanes of at least 4 members (excludes halogenated alkanes) is 1. The van der Waals surface area contributed by atoms with Crippen molar-refractivity contribution in [1.29, 1.82) is 0 Å². The Morgan fingerprint density at radius 3 is 2.84 bits per heavy atom. The number of nitrogen functional groups attached to an aromatic ring is 1. The minimum atomic E-state index is -0.0221. The van der Waals surface area contributed by atoms with Gasteiger partial charge >= 0.3 is 0 Å². The lowest BCUT2D eigenvalue weighted by Crippen LogP contribution is -2.35. The number of anilines is 1. The van der Waals surface area contributed by atoms with Crippen molar-refractivity contribution in [2.24, 2.45) is 0 Å². The summed E-state index contributed by atoms with van der Waals surface area (Å²) in [7, 11) is 0. The zero-order valence-corrected chi connectivity index (χ0v) is 11.5. The Bertz CT molecular complexity index is 438. The summed E-state index contributed by atoms with van der Waals surface area (Å²) in [6, 6.07) is 2.18. The lowest BCUT2D eigenvalue weighted by Gasteiger charge is -2.22. The molecule has 5 nitrogen and oxygen atoms in total. The van der Waals surface area contributed by atoms with Crippen LogP contribution in [-0.2, 0) is 0 Å². The first-order chi connectivity index (χ1) is 9.17. The molecule has 19 heavy (non-hydrogen) atoms. The molecule has 5 heteroatoms. The van der Waals surface area contributed by atoms with Crippen LogP contribution in [0.3, 0.4) is 0 Å². The van der Waals surface area contributed by atoms with Gasteiger partial charge in [-0.05, 0) is 25.3 Å². The zero-order chi connectivity index (χ0) is 13.8. The number of aliphatic hydroxyl groups is 1. The summed E-state index contributed by atoms with van der Waals surface area (Å²) < 4.78 is 1.99. The molecule has 1 aromatic rings. The highest BCUT2D eigenvalue weighted by Gasteiger charge is 2.29. The highest BCUT2D eigenvalue weighted by atomic mass is 16.3. The van der Waals surface area contributed by atoms with Crippen LogP contribution in [0.25, 0.3) is 0 Å². The largest absolute Gasteiger partial charge is 0.397 e. The van der Waals surface area contributed by atoms with Gasteiger partial charge in [0.05, 0.1) is 12.3 Å². The third-order valence-corrected chi connectivity index (χ3v) is 3.47. The van der Waals surface area contributed by atoms with Crippen LogP contribution in [0, 0.1) is 0 Å². The quantitative estimate of drug-likeness (QED) is 0.787. The predicted octanol–water partition coefficient (Wildman–Crippen LogP) is 1.64. The van der Waals surface area contributed by atoms with E-state index in [1.54, 1.807) is 11.0 Å². The number of nitrogens with zero attached hydrogens (tertiary/aromatic N) is 2. The first-order valence-electron chi connectivity index (χ1n) is 7.04. The Balaban J connectivity index is 2.15. The van der Waals surface area contributed by atoms with Crippen molar-refractivity contribution >= 4 is 11.6 Å². The van der Waals surface area contributed by atoms with E-state index in [0.717, 1.165) is 25.7 Å². The monoisotopic (exact) mass is 265 g/mol. The maximum absolute atomic E-state index is 12.5. The van der Waals surface area contributed by atoms with E-state index in [1.165, 1.54) is 0 Å². The average Bonchev–Trinajstić information content (AvgIpc) is 3.17. The third kappa shape index (κ3) is 3.29. The number of aromatic nitrogens is 1. The maximum atomic E-state index is 12.5. The Labute approximate surface area is 114 Å². The average molecular weight is 265 g/mol. The van der Waals surface area contributed by atoms with E-state index in [4.69, 9.17) is 10.8 Å². The Morgan fingerprint density at radius 1 is 1.53 bits per heavy atom. The number of carbonyl (C=O) groups is 1. The van der Waals surface area contributed by atoms with E-state index in [0.29, 0.717) is 30.5 Å². The topological polar surface area (TPSA) is 71.5 Å². The van der Waals surface area contributed by atoms with Crippen LogP contribution in [-0.4, -0.2) is 40.2 Å². The summed E-state index contributed by atoms with van der Waals surface area (Å²) in [5.74, 6) is -0.0221. The first-order valence-corrected chi connectivity index (χ1v) is 7.04. The van der Waals surface area contributed by atoms with Crippen molar-refractivity contribution in [1.82, 2.24) is 9.47 Å². The third-order valence-electron chi connectivity index (χ3n) is 3.47. The molecule has 1 fully saturated rings. The number of hydrogen-bond donors (Lipinski definition) is 2. The van der Waals surface area contributed by atoms with E-state index >= 15 is 0 Å². The summed E-state index contributed by atoms with van der Waals surface area (Å²) in [5, 5.41) is 9.10. The SMILES string of the molecule is CCCCN(CCO)C(=O)c1cc(N)cn1C1CC1. The minimum Gasteiger partial charge on any atom is -0.397 e. The van der Waals surface area contributed by atoms with E-state index in [9.17, 15) is 4.79 Å². The van der Waals surface area contributed by atoms with Gasteiger partial charge in [-0.3, -0.25) is 4.79 Å². The van der Waals surface area contributed by atoms with Crippen molar-refractivity contribution < 1.29 is 9.90 Å². The second kappa shape index (κ2) is 6.10. The summed E-state index contributed by atoms with van der Waals surface area (Å²) in [6.07, 6.45) is 6.06. The summed E-state index contributed by atoms with van der Waals surface area (Å²) >= 11 is 0. The molecule has 0 unspecified atom stereocenters. The summed E-state index contributed by atoms with van der Waals surface area (Å²) in [4.78, 5) is 14.3. The van der Waals surface area contributed by atoms with Gasteiger partial charge in [0.2, 0.25) is 0 Å². The minimum absolute atomic E-state index is 0.00489. The number of aliphatic hydroxyl groups excluding tert-OH is 1. The van der Waals surface area contributed by atoms with Gasteiger partial charge in [0.25, 0.3) is 5.91 Å². The molecule has 0 atom stereocenters. The number of carbonyl (C=O) groups excluding carboxylic acids is 1. The van der Waals surface area contributed by atoms with Crippen molar-refractivity contribution in [3.63, 3.8) is 0 Å². The molecule has 1 aliphatic rings. The number of hydrogen-bond acceptors (Lipinski definition) is 3. The molecule has 1 heterocycles. The lowest BCUT2D eigenvalue weighted by atomic mass is 10.2. The summed E-state index contributed by atoms with van der Waals surface area (Å²) in [5.41, 5.74) is 7.11. The van der Waals surface area contributed by atoms with Crippen LogP contribution in [0.5, 0.6) is 0 Å². The molecule has 0 aliphatic heterocycles. The van der Waals surface area contributed by atoms with E-state index in [-0.39, 0.29) is 12.5 Å². The van der Waals surface area contributed by atoms with Crippen LogP contribution in [0.1, 0.15) is 49.1 Å². The van der Waals surface area contributed by atoms with Crippen LogP contribution in [0.2, 0.25) is 0 Å². The molecule has 3 N–H and O–H groups in total. The van der Waals surface area contributed by atoms with Gasteiger partial charge in [-0.25, -0.2) is 0 Å². The van der Waals surface area contributed by atoms with Gasteiger partial charge in [0.15, 0.2) is 0 Å². The van der Waals surface area contributed by atoms with E-state index in [1.807, 2.05) is 10.8 Å². The van der Waals surface area contributed by atoms with Crippen LogP contribution < -0.4 is 5.73 Å². The van der Waals surface area contributed by atoms with Crippen molar-refractivity contribution in [2.75, 3.05) is 25.4 Å². The second-order valence-electron chi connectivity index (χ2n) is 5.17. The molecule has 0 bridgehead atoms. The molecule has 1 saturated carbocycles. The van der Waals surface area contributed by atoms with Crippen LogP contribution >= 0.6 is 0 Å². The fourth-order valence-corrected chi connectivity index (χ4v) is 2.27. The fourth-order valence-electron chi connectivity index (χ4n) is 2.27. The van der Waals surface area contributed by atoms with Crippen molar-refractivity contribution in [2.45, 2.75) is 38.6 Å². The Morgan fingerprint density at radius 2 is 2.26 bits per heavy atom. The van der Waals surface area contributed by atoms with Gasteiger partial charge in [-0.1, -0.05) is 13.3 Å².